The molecule has 2 aromatic rings. The number of aromatic nitrogens is 2. The number of rotatable bonds is 3. The average molecular weight is 305 g/mol. The van der Waals surface area contributed by atoms with Crippen LogP contribution in [0.2, 0.25) is 5.15 Å². The number of hydrogen-bond donors (Lipinski definition) is 0. The van der Waals surface area contributed by atoms with Gasteiger partial charge in [-0.2, -0.15) is 0 Å². The van der Waals surface area contributed by atoms with Crippen molar-refractivity contribution in [1.29, 1.82) is 0 Å². The number of hydrogen-bond acceptors (Lipinski definition) is 4. The molecule has 1 aliphatic heterocycles. The second-order valence-corrected chi connectivity index (χ2v) is 5.89. The second kappa shape index (κ2) is 5.90. The topological polar surface area (TPSA) is 44.2 Å². The Bertz CT molecular complexity index is 646. The lowest BCUT2D eigenvalue weighted by Gasteiger charge is -2.25. The third kappa shape index (κ3) is 3.27. The van der Waals surface area contributed by atoms with Crippen LogP contribution in [0.5, 0.6) is 11.5 Å². The van der Waals surface area contributed by atoms with Crippen molar-refractivity contribution in [3.05, 3.63) is 47.0 Å². The van der Waals surface area contributed by atoms with E-state index in [1.807, 2.05) is 30.3 Å². The third-order valence-electron chi connectivity index (χ3n) is 3.18. The molecule has 21 heavy (non-hydrogen) atoms. The number of fused-ring (bicyclic) bond motifs is 1. The molecule has 0 amide bonds. The molecule has 0 radical (unpaired) electrons. The van der Waals surface area contributed by atoms with Crippen LogP contribution < -0.4 is 9.47 Å². The number of nitrogens with zero attached hydrogens (tertiary/aromatic N) is 2. The van der Waals surface area contributed by atoms with E-state index in [1.54, 1.807) is 0 Å². The molecule has 1 aromatic heterocycles. The maximum atomic E-state index is 6.11. The molecule has 0 saturated heterocycles. The molecule has 0 fully saturated rings. The van der Waals surface area contributed by atoms with Gasteiger partial charge in [-0.3, -0.25) is 0 Å². The Morgan fingerprint density at radius 1 is 1.24 bits per heavy atom. The highest BCUT2D eigenvalue weighted by molar-refractivity contribution is 6.29. The van der Waals surface area contributed by atoms with Gasteiger partial charge in [-0.15, -0.1) is 0 Å². The van der Waals surface area contributed by atoms with Gasteiger partial charge in [-0.25, -0.2) is 9.97 Å². The monoisotopic (exact) mass is 304 g/mol. The Morgan fingerprint density at radius 3 is 2.76 bits per heavy atom. The SMILES string of the molecule is CC(C)Cc1cc(Cl)nc(C2COc3ccccc3O2)n1. The second-order valence-electron chi connectivity index (χ2n) is 5.50. The van der Waals surface area contributed by atoms with E-state index in [-0.39, 0.29) is 6.10 Å². The molecule has 2 heterocycles. The lowest BCUT2D eigenvalue weighted by Crippen LogP contribution is -2.24. The fraction of sp³-hybridized carbons (Fsp3) is 0.375. The number of benzene rings is 1. The van der Waals surface area contributed by atoms with E-state index in [0.29, 0.717) is 29.3 Å². The van der Waals surface area contributed by atoms with E-state index in [2.05, 4.69) is 23.8 Å². The Labute approximate surface area is 129 Å². The molecular weight excluding hydrogens is 288 g/mol. The lowest BCUT2D eigenvalue weighted by molar-refractivity contribution is 0.0848. The minimum absolute atomic E-state index is 0.329. The highest BCUT2D eigenvalue weighted by Crippen LogP contribution is 2.35. The largest absolute Gasteiger partial charge is 0.485 e. The minimum atomic E-state index is -0.329. The molecule has 0 saturated carbocycles. The fourth-order valence-electron chi connectivity index (χ4n) is 2.30. The Balaban J connectivity index is 1.86. The summed E-state index contributed by atoms with van der Waals surface area (Å²) in [4.78, 5) is 8.86. The maximum absolute atomic E-state index is 6.11. The van der Waals surface area contributed by atoms with Crippen LogP contribution in [0.1, 0.15) is 31.5 Å². The molecule has 0 N–H and O–H groups in total. The molecule has 0 spiro atoms. The molecule has 4 nitrogen and oxygen atoms in total. The van der Waals surface area contributed by atoms with Gasteiger partial charge in [-0.1, -0.05) is 37.6 Å². The van der Waals surface area contributed by atoms with E-state index in [4.69, 9.17) is 21.1 Å². The highest BCUT2D eigenvalue weighted by Gasteiger charge is 2.25. The summed E-state index contributed by atoms with van der Waals surface area (Å²) < 4.78 is 11.6. The maximum Gasteiger partial charge on any atom is 0.192 e. The van der Waals surface area contributed by atoms with Gasteiger partial charge in [0.2, 0.25) is 0 Å². The molecule has 0 bridgehead atoms. The Kier molecular flexibility index (Phi) is 3.97. The summed E-state index contributed by atoms with van der Waals surface area (Å²) in [7, 11) is 0. The number of ether oxygens (including phenoxy) is 2. The van der Waals surface area contributed by atoms with Crippen LogP contribution in [0, 0.1) is 5.92 Å². The predicted molar refractivity (Wildman–Crippen MR) is 80.9 cm³/mol. The van der Waals surface area contributed by atoms with Crippen molar-refractivity contribution < 1.29 is 9.47 Å². The van der Waals surface area contributed by atoms with Gasteiger partial charge in [0.1, 0.15) is 11.8 Å². The molecule has 0 aliphatic carbocycles. The van der Waals surface area contributed by atoms with E-state index >= 15 is 0 Å². The summed E-state index contributed by atoms with van der Waals surface area (Å²) in [6, 6.07) is 9.39. The van der Waals surface area contributed by atoms with Crippen molar-refractivity contribution >= 4 is 11.6 Å². The molecule has 1 aromatic carbocycles. The lowest BCUT2D eigenvalue weighted by atomic mass is 10.1. The number of halogens is 1. The fourth-order valence-corrected chi connectivity index (χ4v) is 2.51. The summed E-state index contributed by atoms with van der Waals surface area (Å²) in [6.45, 7) is 4.68. The van der Waals surface area contributed by atoms with Crippen LogP contribution in [-0.4, -0.2) is 16.6 Å². The molecule has 1 atom stereocenters. The predicted octanol–water partition coefficient (Wildman–Crippen LogP) is 3.84. The van der Waals surface area contributed by atoms with E-state index in [0.717, 1.165) is 17.9 Å². The van der Waals surface area contributed by atoms with Crippen LogP contribution in [0.3, 0.4) is 0 Å². The van der Waals surface area contributed by atoms with Gasteiger partial charge in [0.15, 0.2) is 23.4 Å². The van der Waals surface area contributed by atoms with E-state index in [9.17, 15) is 0 Å². The Morgan fingerprint density at radius 2 is 2.00 bits per heavy atom. The van der Waals surface area contributed by atoms with Gasteiger partial charge < -0.3 is 9.47 Å². The van der Waals surface area contributed by atoms with Crippen molar-refractivity contribution in [2.24, 2.45) is 5.92 Å². The smallest absolute Gasteiger partial charge is 0.192 e. The zero-order valence-corrected chi connectivity index (χ0v) is 12.8. The van der Waals surface area contributed by atoms with Gasteiger partial charge in [0.05, 0.1) is 0 Å². The van der Waals surface area contributed by atoms with Crippen LogP contribution in [0.4, 0.5) is 0 Å². The minimum Gasteiger partial charge on any atom is -0.485 e. The van der Waals surface area contributed by atoms with E-state index in [1.165, 1.54) is 0 Å². The Hall–Kier alpha value is -1.81. The van der Waals surface area contributed by atoms with Crippen molar-refractivity contribution in [2.45, 2.75) is 26.4 Å². The van der Waals surface area contributed by atoms with Crippen LogP contribution in [-0.2, 0) is 6.42 Å². The highest BCUT2D eigenvalue weighted by atomic mass is 35.5. The summed E-state index contributed by atoms with van der Waals surface area (Å²) in [5.74, 6) is 2.54. The molecule has 1 unspecified atom stereocenters. The van der Waals surface area contributed by atoms with Crippen LogP contribution in [0.25, 0.3) is 0 Å². The zero-order chi connectivity index (χ0) is 14.8. The first-order chi connectivity index (χ1) is 10.1. The van der Waals surface area contributed by atoms with Crippen molar-refractivity contribution in [2.75, 3.05) is 6.61 Å². The molecule has 5 heteroatoms. The molecule has 3 rings (SSSR count). The summed E-state index contributed by atoms with van der Waals surface area (Å²) in [6.07, 6.45) is 0.531. The summed E-state index contributed by atoms with van der Waals surface area (Å²) in [5.41, 5.74) is 0.933. The van der Waals surface area contributed by atoms with Gasteiger partial charge in [0, 0.05) is 5.69 Å². The molecular formula is C16H17ClN2O2. The van der Waals surface area contributed by atoms with Gasteiger partial charge in [-0.05, 0) is 30.5 Å². The first-order valence-corrected chi connectivity index (χ1v) is 7.41. The first-order valence-electron chi connectivity index (χ1n) is 7.03. The van der Waals surface area contributed by atoms with Crippen molar-refractivity contribution in [3.63, 3.8) is 0 Å². The summed E-state index contributed by atoms with van der Waals surface area (Å²) >= 11 is 6.11. The van der Waals surface area contributed by atoms with Crippen molar-refractivity contribution in [1.82, 2.24) is 9.97 Å². The van der Waals surface area contributed by atoms with Gasteiger partial charge >= 0.3 is 0 Å². The average Bonchev–Trinajstić information content (AvgIpc) is 2.45. The van der Waals surface area contributed by atoms with E-state index < -0.39 is 0 Å². The molecule has 1 aliphatic rings. The third-order valence-corrected chi connectivity index (χ3v) is 3.37. The zero-order valence-electron chi connectivity index (χ0n) is 12.0. The normalized spacial score (nSPS) is 17.0. The first kappa shape index (κ1) is 14.1. The summed E-state index contributed by atoms with van der Waals surface area (Å²) in [5, 5.41) is 0.443. The van der Waals surface area contributed by atoms with Crippen molar-refractivity contribution in [3.8, 4) is 11.5 Å². The number of para-hydroxylation sites is 2. The van der Waals surface area contributed by atoms with Crippen LogP contribution in [0.15, 0.2) is 30.3 Å². The standard InChI is InChI=1S/C16H17ClN2O2/c1-10(2)7-11-8-15(17)19-16(18-11)14-9-20-12-5-3-4-6-13(12)21-14/h3-6,8,10,14H,7,9H2,1-2H3. The molecule has 110 valence electrons. The quantitative estimate of drug-likeness (QED) is 0.808. The van der Waals surface area contributed by atoms with Crippen LogP contribution >= 0.6 is 11.6 Å². The van der Waals surface area contributed by atoms with Gasteiger partial charge in [0.25, 0.3) is 0 Å².